The molecule has 0 aliphatic heterocycles. The molecule has 7 heteroatoms. The topological polar surface area (TPSA) is 65.7 Å². The van der Waals surface area contributed by atoms with Gasteiger partial charge in [0.25, 0.3) is 0 Å². The van der Waals surface area contributed by atoms with Gasteiger partial charge >= 0.3 is 0 Å². The number of aryl methyl sites for hydroxylation is 1. The van der Waals surface area contributed by atoms with Crippen LogP contribution in [0.5, 0.6) is 5.88 Å². The van der Waals surface area contributed by atoms with Crippen LogP contribution in [0.2, 0.25) is 0 Å². The molecule has 0 amide bonds. The molecule has 0 aliphatic rings. The molecular weight excluding hydrogens is 238 g/mol. The third-order valence-electron chi connectivity index (χ3n) is 2.22. The van der Waals surface area contributed by atoms with Gasteiger partial charge in [0.05, 0.1) is 7.11 Å². The van der Waals surface area contributed by atoms with Crippen LogP contribution in [-0.2, 0) is 6.54 Å². The molecule has 0 saturated carbocycles. The molecule has 2 rings (SSSR count). The number of hydrogen-bond donors (Lipinski definition) is 0. The van der Waals surface area contributed by atoms with Gasteiger partial charge in [-0.3, -0.25) is 0 Å². The van der Waals surface area contributed by atoms with E-state index in [1.54, 1.807) is 19.4 Å². The van der Waals surface area contributed by atoms with Crippen LogP contribution in [0.4, 0.5) is 0 Å². The number of methoxy groups -OCH3 is 1. The van der Waals surface area contributed by atoms with Gasteiger partial charge in [-0.05, 0) is 25.6 Å². The van der Waals surface area contributed by atoms with Crippen LogP contribution in [0.25, 0.3) is 0 Å². The summed E-state index contributed by atoms with van der Waals surface area (Å²) in [6.07, 6.45) is 1.66. The highest BCUT2D eigenvalue weighted by Crippen LogP contribution is 2.24. The molecule has 0 N–H and O–H groups in total. The van der Waals surface area contributed by atoms with Crippen molar-refractivity contribution >= 4 is 11.8 Å². The molecule has 2 heterocycles. The van der Waals surface area contributed by atoms with E-state index in [4.69, 9.17) is 4.74 Å². The van der Waals surface area contributed by atoms with Gasteiger partial charge in [0.2, 0.25) is 5.88 Å². The Labute approximate surface area is 103 Å². The lowest BCUT2D eigenvalue weighted by molar-refractivity contribution is 0.392. The van der Waals surface area contributed by atoms with Gasteiger partial charge in [-0.2, -0.15) is 4.98 Å². The van der Waals surface area contributed by atoms with Crippen LogP contribution in [0.1, 0.15) is 12.7 Å². The average Bonchev–Trinajstić information content (AvgIpc) is 2.70. The van der Waals surface area contributed by atoms with Crippen molar-refractivity contribution in [2.45, 2.75) is 30.7 Å². The summed E-state index contributed by atoms with van der Waals surface area (Å²) in [5, 5.41) is 9.52. The maximum atomic E-state index is 5.05. The molecule has 0 aliphatic carbocycles. The van der Waals surface area contributed by atoms with Gasteiger partial charge in [0.1, 0.15) is 5.82 Å². The fourth-order valence-corrected chi connectivity index (χ4v) is 2.24. The van der Waals surface area contributed by atoms with Crippen molar-refractivity contribution in [3.05, 3.63) is 18.1 Å². The first-order chi connectivity index (χ1) is 8.24. The molecule has 2 aromatic heterocycles. The zero-order valence-electron chi connectivity index (χ0n) is 9.91. The maximum Gasteiger partial charge on any atom is 0.217 e. The summed E-state index contributed by atoms with van der Waals surface area (Å²) < 4.78 is 7.05. The third kappa shape index (κ3) is 2.55. The first-order valence-corrected chi connectivity index (χ1v) is 6.01. The number of nitrogens with zero attached hydrogens (tertiary/aromatic N) is 5. The van der Waals surface area contributed by atoms with Gasteiger partial charge < -0.3 is 9.30 Å². The highest BCUT2D eigenvalue weighted by atomic mass is 32.2. The minimum Gasteiger partial charge on any atom is -0.481 e. The van der Waals surface area contributed by atoms with Crippen molar-refractivity contribution in [3.8, 4) is 5.88 Å². The van der Waals surface area contributed by atoms with E-state index in [-0.39, 0.29) is 0 Å². The molecule has 0 radical (unpaired) electrons. The first kappa shape index (κ1) is 11.8. The van der Waals surface area contributed by atoms with Crippen molar-refractivity contribution in [2.24, 2.45) is 0 Å². The maximum absolute atomic E-state index is 5.05. The number of rotatable bonds is 4. The molecule has 0 saturated heterocycles. The van der Waals surface area contributed by atoms with E-state index in [0.717, 1.165) is 17.5 Å². The fourth-order valence-electron chi connectivity index (χ4n) is 1.37. The normalized spacial score (nSPS) is 10.5. The fraction of sp³-hybridized carbons (Fsp3) is 0.400. The van der Waals surface area contributed by atoms with Crippen molar-refractivity contribution in [3.63, 3.8) is 0 Å². The predicted octanol–water partition coefficient (Wildman–Crippen LogP) is 1.56. The Morgan fingerprint density at radius 3 is 2.94 bits per heavy atom. The minimum atomic E-state index is 0.543. The van der Waals surface area contributed by atoms with Crippen LogP contribution in [0, 0.1) is 6.92 Å². The summed E-state index contributed by atoms with van der Waals surface area (Å²) in [7, 11) is 1.58. The van der Waals surface area contributed by atoms with Gasteiger partial charge in [-0.15, -0.1) is 10.2 Å². The van der Waals surface area contributed by atoms with Crippen molar-refractivity contribution < 1.29 is 4.74 Å². The standard InChI is InChI=1S/C10H13N5OS/c1-4-15-7(2)13-14-10(15)17-9-11-6-5-8(12-9)16-3/h5-6H,4H2,1-3H3. The zero-order chi connectivity index (χ0) is 12.3. The highest BCUT2D eigenvalue weighted by Gasteiger charge is 2.11. The summed E-state index contributed by atoms with van der Waals surface area (Å²) in [4.78, 5) is 8.38. The number of aromatic nitrogens is 5. The van der Waals surface area contributed by atoms with Crippen LogP contribution in [0.3, 0.4) is 0 Å². The average molecular weight is 251 g/mol. The minimum absolute atomic E-state index is 0.543. The second-order valence-corrected chi connectivity index (χ2v) is 4.19. The van der Waals surface area contributed by atoms with Gasteiger partial charge in [0, 0.05) is 18.8 Å². The van der Waals surface area contributed by atoms with Gasteiger partial charge in [-0.25, -0.2) is 4.98 Å². The molecular formula is C10H13N5OS. The Morgan fingerprint density at radius 2 is 2.24 bits per heavy atom. The van der Waals surface area contributed by atoms with E-state index >= 15 is 0 Å². The molecule has 6 nitrogen and oxygen atoms in total. The molecule has 17 heavy (non-hydrogen) atoms. The first-order valence-electron chi connectivity index (χ1n) is 5.19. The lowest BCUT2D eigenvalue weighted by Gasteiger charge is -2.04. The molecule has 2 aromatic rings. The Balaban J connectivity index is 2.24. The quantitative estimate of drug-likeness (QED) is 0.768. The zero-order valence-corrected chi connectivity index (χ0v) is 10.7. The van der Waals surface area contributed by atoms with E-state index in [1.807, 2.05) is 18.4 Å². The lowest BCUT2D eigenvalue weighted by Crippen LogP contribution is -1.99. The van der Waals surface area contributed by atoms with Crippen LogP contribution in [0.15, 0.2) is 22.6 Å². The van der Waals surface area contributed by atoms with E-state index in [2.05, 4.69) is 20.2 Å². The lowest BCUT2D eigenvalue weighted by atomic mass is 10.6. The smallest absolute Gasteiger partial charge is 0.217 e. The van der Waals surface area contributed by atoms with Crippen LogP contribution >= 0.6 is 11.8 Å². The van der Waals surface area contributed by atoms with Crippen molar-refractivity contribution in [1.82, 2.24) is 24.7 Å². The summed E-state index contributed by atoms with van der Waals surface area (Å²) in [5.74, 6) is 1.43. The predicted molar refractivity (Wildman–Crippen MR) is 63.1 cm³/mol. The number of hydrogen-bond acceptors (Lipinski definition) is 6. The van der Waals surface area contributed by atoms with Crippen LogP contribution in [-0.4, -0.2) is 31.8 Å². The molecule has 0 atom stereocenters. The van der Waals surface area contributed by atoms with E-state index in [0.29, 0.717) is 11.0 Å². The van der Waals surface area contributed by atoms with E-state index in [9.17, 15) is 0 Å². The van der Waals surface area contributed by atoms with Crippen molar-refractivity contribution in [1.29, 1.82) is 0 Å². The highest BCUT2D eigenvalue weighted by molar-refractivity contribution is 7.99. The van der Waals surface area contributed by atoms with Crippen molar-refractivity contribution in [2.75, 3.05) is 7.11 Å². The Morgan fingerprint density at radius 1 is 1.41 bits per heavy atom. The van der Waals surface area contributed by atoms with E-state index < -0.39 is 0 Å². The van der Waals surface area contributed by atoms with Gasteiger partial charge in [0.15, 0.2) is 10.3 Å². The second-order valence-electron chi connectivity index (χ2n) is 3.26. The molecule has 0 fully saturated rings. The summed E-state index contributed by atoms with van der Waals surface area (Å²) in [5.41, 5.74) is 0. The third-order valence-corrected chi connectivity index (χ3v) is 3.08. The second kappa shape index (κ2) is 5.13. The largest absolute Gasteiger partial charge is 0.481 e. The summed E-state index contributed by atoms with van der Waals surface area (Å²) in [6.45, 7) is 4.80. The Bertz CT molecular complexity index is 513. The van der Waals surface area contributed by atoms with Crippen LogP contribution < -0.4 is 4.74 Å². The SMILES string of the molecule is CCn1c(C)nnc1Sc1nccc(OC)n1. The monoisotopic (exact) mass is 251 g/mol. The van der Waals surface area contributed by atoms with E-state index in [1.165, 1.54) is 11.8 Å². The molecule has 0 bridgehead atoms. The molecule has 0 unspecified atom stereocenters. The summed E-state index contributed by atoms with van der Waals surface area (Å²) in [6, 6.07) is 1.71. The molecule has 0 aromatic carbocycles. The van der Waals surface area contributed by atoms with Gasteiger partial charge in [-0.1, -0.05) is 0 Å². The Hall–Kier alpha value is -1.63. The molecule has 0 spiro atoms. The molecule has 90 valence electrons. The Kier molecular flexibility index (Phi) is 3.58. The summed E-state index contributed by atoms with van der Waals surface area (Å²) >= 11 is 1.38. The number of ether oxygens (including phenoxy) is 1.